The maximum absolute atomic E-state index is 12.2. The van der Waals surface area contributed by atoms with Gasteiger partial charge in [0.25, 0.3) is 0 Å². The topological polar surface area (TPSA) is 105 Å². The van der Waals surface area contributed by atoms with Crippen LogP contribution in [0.15, 0.2) is 34.9 Å². The molecule has 9 heteroatoms. The highest BCUT2D eigenvalue weighted by Gasteiger charge is 2.28. The summed E-state index contributed by atoms with van der Waals surface area (Å²) in [5, 5.41) is 6.81. The first kappa shape index (κ1) is 18.5. The molecule has 1 aliphatic rings. The minimum Gasteiger partial charge on any atom is -0.355 e. The summed E-state index contributed by atoms with van der Waals surface area (Å²) >= 11 is 0. The Morgan fingerprint density at radius 3 is 2.62 bits per heavy atom. The zero-order valence-electron chi connectivity index (χ0n) is 14.6. The molecule has 3 rings (SSSR count). The number of nitrogens with one attached hydrogen (secondary N) is 1. The molecule has 8 nitrogen and oxygen atoms in total. The van der Waals surface area contributed by atoms with Crippen LogP contribution in [0.3, 0.4) is 0 Å². The molecule has 1 aromatic carbocycles. The average molecular weight is 378 g/mol. The molecule has 2 heterocycles. The van der Waals surface area contributed by atoms with Gasteiger partial charge >= 0.3 is 0 Å². The van der Waals surface area contributed by atoms with Gasteiger partial charge in [-0.2, -0.15) is 4.98 Å². The van der Waals surface area contributed by atoms with E-state index in [1.165, 1.54) is 10.6 Å². The Morgan fingerprint density at radius 2 is 1.96 bits per heavy atom. The molecule has 1 saturated heterocycles. The number of carbonyl (C=O) groups excluding carboxylic acids is 1. The molecule has 0 bridgehead atoms. The molecule has 1 amide bonds. The third kappa shape index (κ3) is 4.67. The Morgan fingerprint density at radius 1 is 1.27 bits per heavy atom. The van der Waals surface area contributed by atoms with Crippen LogP contribution < -0.4 is 5.32 Å². The summed E-state index contributed by atoms with van der Waals surface area (Å²) in [5.74, 6) is 0.785. The van der Waals surface area contributed by atoms with Crippen LogP contribution in [0.1, 0.15) is 18.7 Å². The van der Waals surface area contributed by atoms with Crippen molar-refractivity contribution in [3.8, 4) is 11.4 Å². The normalized spacial score (nSPS) is 16.5. The largest absolute Gasteiger partial charge is 0.355 e. The van der Waals surface area contributed by atoms with Crippen LogP contribution >= 0.6 is 0 Å². The maximum Gasteiger partial charge on any atom is 0.228 e. The number of aromatic nitrogens is 2. The van der Waals surface area contributed by atoms with Gasteiger partial charge in [-0.25, -0.2) is 12.7 Å². The first-order valence-corrected chi connectivity index (χ1v) is 10.4. The van der Waals surface area contributed by atoms with E-state index in [1.54, 1.807) is 0 Å². The van der Waals surface area contributed by atoms with Crippen LogP contribution in [0.5, 0.6) is 0 Å². The lowest BCUT2D eigenvalue weighted by molar-refractivity contribution is -0.126. The van der Waals surface area contributed by atoms with Gasteiger partial charge in [0.15, 0.2) is 0 Å². The Hall–Kier alpha value is -2.26. The molecule has 0 atom stereocenters. The van der Waals surface area contributed by atoms with Crippen LogP contribution in [0.25, 0.3) is 11.4 Å². The molecule has 0 saturated carbocycles. The van der Waals surface area contributed by atoms with E-state index in [0.717, 1.165) is 5.56 Å². The number of sulfonamides is 1. The lowest BCUT2D eigenvalue weighted by atomic mass is 9.97. The monoisotopic (exact) mass is 378 g/mol. The molecule has 140 valence electrons. The van der Waals surface area contributed by atoms with Gasteiger partial charge in [0.2, 0.25) is 27.6 Å². The van der Waals surface area contributed by atoms with E-state index in [1.807, 2.05) is 30.3 Å². The van der Waals surface area contributed by atoms with E-state index >= 15 is 0 Å². The summed E-state index contributed by atoms with van der Waals surface area (Å²) in [4.78, 5) is 16.6. The van der Waals surface area contributed by atoms with E-state index in [4.69, 9.17) is 4.52 Å². The number of benzene rings is 1. The van der Waals surface area contributed by atoms with Gasteiger partial charge in [0.05, 0.1) is 6.26 Å². The van der Waals surface area contributed by atoms with Crippen LogP contribution in [0.4, 0.5) is 0 Å². The second-order valence-corrected chi connectivity index (χ2v) is 8.34. The standard InChI is InChI=1S/C17H22N4O4S/c1-26(23,24)21-11-8-14(9-12-21)17(22)18-10-7-15-19-16(20-25-15)13-5-3-2-4-6-13/h2-6,14H,7-12H2,1H3,(H,18,22). The smallest absolute Gasteiger partial charge is 0.228 e. The molecule has 1 fully saturated rings. The lowest BCUT2D eigenvalue weighted by Crippen LogP contribution is -2.42. The molecule has 0 unspecified atom stereocenters. The number of rotatable bonds is 6. The van der Waals surface area contributed by atoms with Crippen molar-refractivity contribution in [2.24, 2.45) is 5.92 Å². The van der Waals surface area contributed by atoms with E-state index in [0.29, 0.717) is 50.6 Å². The Bertz CT molecular complexity index is 843. The fourth-order valence-corrected chi connectivity index (χ4v) is 3.82. The summed E-state index contributed by atoms with van der Waals surface area (Å²) in [6.45, 7) is 1.18. The van der Waals surface area contributed by atoms with Crippen LogP contribution in [-0.2, 0) is 21.2 Å². The number of nitrogens with zero attached hydrogens (tertiary/aromatic N) is 3. The second kappa shape index (κ2) is 7.96. The Balaban J connectivity index is 1.44. The van der Waals surface area contributed by atoms with Crippen molar-refractivity contribution in [2.75, 3.05) is 25.9 Å². The zero-order valence-corrected chi connectivity index (χ0v) is 15.4. The SMILES string of the molecule is CS(=O)(=O)N1CCC(C(=O)NCCc2nc(-c3ccccc3)no2)CC1. The third-order valence-corrected chi connectivity index (χ3v) is 5.74. The highest BCUT2D eigenvalue weighted by atomic mass is 32.2. The van der Waals surface area contributed by atoms with Gasteiger partial charge < -0.3 is 9.84 Å². The predicted molar refractivity (Wildman–Crippen MR) is 95.6 cm³/mol. The van der Waals surface area contributed by atoms with Crippen molar-refractivity contribution in [3.63, 3.8) is 0 Å². The van der Waals surface area contributed by atoms with Crippen LogP contribution in [-0.4, -0.2) is 54.7 Å². The quantitative estimate of drug-likeness (QED) is 0.806. The fourth-order valence-electron chi connectivity index (χ4n) is 2.95. The van der Waals surface area contributed by atoms with Gasteiger partial charge in [0.1, 0.15) is 0 Å². The lowest BCUT2D eigenvalue weighted by Gasteiger charge is -2.29. The zero-order chi connectivity index (χ0) is 18.6. The molecule has 2 aromatic rings. The van der Waals surface area contributed by atoms with E-state index in [-0.39, 0.29) is 11.8 Å². The summed E-state index contributed by atoms with van der Waals surface area (Å²) < 4.78 is 29.6. The first-order valence-electron chi connectivity index (χ1n) is 8.54. The molecule has 0 spiro atoms. The minimum absolute atomic E-state index is 0.0547. The molecule has 26 heavy (non-hydrogen) atoms. The van der Waals surface area contributed by atoms with Crippen LogP contribution in [0, 0.1) is 5.92 Å². The second-order valence-electron chi connectivity index (χ2n) is 6.36. The first-order chi connectivity index (χ1) is 12.4. The van der Waals surface area contributed by atoms with Crippen molar-refractivity contribution >= 4 is 15.9 Å². The van der Waals surface area contributed by atoms with Crippen LogP contribution in [0.2, 0.25) is 0 Å². The Labute approximate surface area is 152 Å². The highest BCUT2D eigenvalue weighted by molar-refractivity contribution is 7.88. The molecular formula is C17H22N4O4S. The fraction of sp³-hybridized carbons (Fsp3) is 0.471. The average Bonchev–Trinajstić information content (AvgIpc) is 3.11. The van der Waals surface area contributed by atoms with Crippen molar-refractivity contribution in [3.05, 3.63) is 36.2 Å². The predicted octanol–water partition coefficient (Wildman–Crippen LogP) is 1.07. The van der Waals surface area contributed by atoms with Crippen molar-refractivity contribution in [2.45, 2.75) is 19.3 Å². The van der Waals surface area contributed by atoms with Gasteiger partial charge in [-0.1, -0.05) is 35.5 Å². The maximum atomic E-state index is 12.2. The Kier molecular flexibility index (Phi) is 5.67. The molecule has 1 aliphatic heterocycles. The summed E-state index contributed by atoms with van der Waals surface area (Å²) in [7, 11) is -3.17. The minimum atomic E-state index is -3.17. The summed E-state index contributed by atoms with van der Waals surface area (Å²) in [5.41, 5.74) is 0.879. The molecule has 0 radical (unpaired) electrons. The number of hydrogen-bond donors (Lipinski definition) is 1. The van der Waals surface area contributed by atoms with Gasteiger partial charge in [-0.05, 0) is 12.8 Å². The summed E-state index contributed by atoms with van der Waals surface area (Å²) in [6.07, 6.45) is 2.73. The van der Waals surface area contributed by atoms with Crippen molar-refractivity contribution in [1.29, 1.82) is 0 Å². The van der Waals surface area contributed by atoms with Crippen molar-refractivity contribution in [1.82, 2.24) is 19.8 Å². The molecule has 1 N–H and O–H groups in total. The number of amides is 1. The third-order valence-electron chi connectivity index (χ3n) is 4.43. The molecule has 1 aromatic heterocycles. The van der Waals surface area contributed by atoms with Gasteiger partial charge in [-0.3, -0.25) is 4.79 Å². The summed E-state index contributed by atoms with van der Waals surface area (Å²) in [6, 6.07) is 9.53. The molecular weight excluding hydrogens is 356 g/mol. The van der Waals surface area contributed by atoms with E-state index < -0.39 is 10.0 Å². The van der Waals surface area contributed by atoms with E-state index in [2.05, 4.69) is 15.5 Å². The highest BCUT2D eigenvalue weighted by Crippen LogP contribution is 2.19. The van der Waals surface area contributed by atoms with Gasteiger partial charge in [0, 0.05) is 37.5 Å². The van der Waals surface area contributed by atoms with Gasteiger partial charge in [-0.15, -0.1) is 0 Å². The number of hydrogen-bond acceptors (Lipinski definition) is 6. The number of piperidine rings is 1. The number of carbonyl (C=O) groups is 1. The van der Waals surface area contributed by atoms with Crippen molar-refractivity contribution < 1.29 is 17.7 Å². The van der Waals surface area contributed by atoms with E-state index in [9.17, 15) is 13.2 Å². The molecule has 0 aliphatic carbocycles.